The quantitative estimate of drug-likeness (QED) is 0.107. The molecule has 452 valence electrons. The Hall–Kier alpha value is -12.0. The molecule has 8 heteroatoms. The minimum absolute atomic E-state index is 0.508. The second-order valence-electron chi connectivity index (χ2n) is 25.1. The summed E-state index contributed by atoms with van der Waals surface area (Å²) in [6.07, 6.45) is 3.69. The van der Waals surface area contributed by atoms with E-state index in [1.54, 1.807) is 0 Å². The van der Waals surface area contributed by atoms with Crippen LogP contribution in [-0.2, 0) is 10.8 Å². The summed E-state index contributed by atoms with van der Waals surface area (Å²) >= 11 is 0. The zero-order chi connectivity index (χ0) is 63.3. The van der Waals surface area contributed by atoms with Crippen LogP contribution in [0.1, 0.15) is 49.9 Å². The molecule has 3 heterocycles. The van der Waals surface area contributed by atoms with Crippen molar-refractivity contribution in [3.8, 4) is 0 Å². The maximum atomic E-state index is 5.43. The molecule has 0 fully saturated rings. The van der Waals surface area contributed by atoms with E-state index in [1.807, 2.05) is 12.4 Å². The fraction of sp³-hybridized carbons (Fsp3) is 0.0698. The molecule has 2 aliphatic rings. The number of nitrogens with zero attached hydrogens (tertiary/aromatic N) is 8. The molecule has 8 nitrogen and oxygen atoms in total. The summed E-state index contributed by atoms with van der Waals surface area (Å²) in [7, 11) is 0. The molecule has 14 aromatic rings. The van der Waals surface area contributed by atoms with Crippen LogP contribution in [0.15, 0.2) is 340 Å². The number of fused-ring (bicyclic) bond motifs is 5. The Morgan fingerprint density at radius 2 is 0.394 bits per heavy atom. The second kappa shape index (κ2) is 23.7. The third kappa shape index (κ3) is 9.95. The smallest absolute Gasteiger partial charge is 0.115 e. The van der Waals surface area contributed by atoms with E-state index in [4.69, 9.17) is 9.97 Å². The van der Waals surface area contributed by atoms with Crippen molar-refractivity contribution in [1.29, 1.82) is 0 Å². The van der Waals surface area contributed by atoms with E-state index in [9.17, 15) is 0 Å². The highest BCUT2D eigenvalue weighted by atomic mass is 15.2. The first-order chi connectivity index (χ1) is 46.2. The van der Waals surface area contributed by atoms with Gasteiger partial charge in [-0.05, 0) is 204 Å². The molecule has 0 radical (unpaired) electrons. The molecule has 0 aliphatic carbocycles. The van der Waals surface area contributed by atoms with Crippen molar-refractivity contribution in [3.05, 3.63) is 362 Å². The van der Waals surface area contributed by atoms with Gasteiger partial charge in [0.05, 0.1) is 34.1 Å². The number of aromatic nitrogens is 2. The van der Waals surface area contributed by atoms with Crippen molar-refractivity contribution in [2.24, 2.45) is 0 Å². The van der Waals surface area contributed by atoms with Crippen LogP contribution in [-0.4, -0.2) is 9.97 Å². The van der Waals surface area contributed by atoms with Gasteiger partial charge >= 0.3 is 0 Å². The molecular formula is C86H68N8. The first-order valence-electron chi connectivity index (χ1n) is 32.2. The van der Waals surface area contributed by atoms with Crippen molar-refractivity contribution in [2.75, 3.05) is 29.4 Å². The number of anilines is 18. The predicted molar refractivity (Wildman–Crippen MR) is 392 cm³/mol. The highest BCUT2D eigenvalue weighted by Gasteiger charge is 2.42. The number of hydrogen-bond acceptors (Lipinski definition) is 8. The molecule has 16 rings (SSSR count). The fourth-order valence-corrected chi connectivity index (χ4v) is 14.3. The topological polar surface area (TPSA) is 45.2 Å². The van der Waals surface area contributed by atoms with Gasteiger partial charge < -0.3 is 29.4 Å². The maximum Gasteiger partial charge on any atom is 0.115 e. The summed E-state index contributed by atoms with van der Waals surface area (Å²) in [6.45, 7) is 9.51. The third-order valence-electron chi connectivity index (χ3n) is 18.8. The average molecular weight is 1210 g/mol. The van der Waals surface area contributed by atoms with Crippen LogP contribution >= 0.6 is 0 Å². The van der Waals surface area contributed by atoms with E-state index in [2.05, 4.69) is 385 Å². The van der Waals surface area contributed by atoms with Crippen LogP contribution in [0.3, 0.4) is 0 Å². The lowest BCUT2D eigenvalue weighted by Gasteiger charge is -2.44. The van der Waals surface area contributed by atoms with Gasteiger partial charge in [0.25, 0.3) is 0 Å². The normalized spacial score (nSPS) is 13.2. The molecule has 0 bridgehead atoms. The van der Waals surface area contributed by atoms with Crippen molar-refractivity contribution in [1.82, 2.24) is 9.97 Å². The molecule has 13 aromatic carbocycles. The first kappa shape index (κ1) is 57.2. The summed E-state index contributed by atoms with van der Waals surface area (Å²) < 4.78 is 0. The van der Waals surface area contributed by atoms with Crippen LogP contribution < -0.4 is 29.4 Å². The monoisotopic (exact) mass is 1210 g/mol. The zero-order valence-corrected chi connectivity index (χ0v) is 52.9. The van der Waals surface area contributed by atoms with Gasteiger partial charge in [-0.25, -0.2) is 0 Å². The van der Waals surface area contributed by atoms with E-state index in [-0.39, 0.29) is 0 Å². The van der Waals surface area contributed by atoms with Crippen LogP contribution in [0, 0.1) is 0 Å². The van der Waals surface area contributed by atoms with Crippen LogP contribution in [0.25, 0.3) is 11.0 Å². The maximum absolute atomic E-state index is 5.43. The lowest BCUT2D eigenvalue weighted by Crippen LogP contribution is -2.32. The van der Waals surface area contributed by atoms with E-state index in [0.29, 0.717) is 0 Å². The molecule has 1 aromatic heterocycles. The standard InChI is InChI=1S/C86H68N8/c1-85(2)73-57-69(89(61-29-13-5-14-30-61)62-31-15-6-16-32-62)45-49-77(73)93(78-50-46-70(58-74(78)85)90(63-33-17-7-18-34-63)64-35-19-8-20-36-64)81-53-54-82(84-83(81)87-55-56-88-84)94-79-51-47-71(91(65-37-21-9-22-38-65)66-39-23-10-24-40-66)59-75(79)86(3,4)76-60-72(48-52-80(76)94)92(67-41-25-11-26-42-67)68-43-27-12-28-44-68/h5-60H,1-4H3. The summed E-state index contributed by atoms with van der Waals surface area (Å²) in [4.78, 5) is 25.2. The molecule has 0 spiro atoms. The SMILES string of the molecule is CC1(C)c2cc(N(c3ccccc3)c3ccccc3)ccc2N(c2ccc(N3c4ccc(N(c5ccccc5)c5ccccc5)cc4C(C)(C)c4cc(N(c5ccccc5)c5ccccc5)ccc43)c3nccnc23)c2ccc(N(c3ccccc3)c3ccccc3)cc21. The van der Waals surface area contributed by atoms with Crippen molar-refractivity contribution in [2.45, 2.75) is 38.5 Å². The van der Waals surface area contributed by atoms with Crippen molar-refractivity contribution < 1.29 is 0 Å². The Balaban J connectivity index is 0.916. The molecule has 0 amide bonds. The Kier molecular flexibility index (Phi) is 14.4. The van der Waals surface area contributed by atoms with Gasteiger partial charge in [0.1, 0.15) is 11.0 Å². The number of benzene rings is 13. The van der Waals surface area contributed by atoms with Crippen molar-refractivity contribution in [3.63, 3.8) is 0 Å². The minimum atomic E-state index is -0.508. The van der Waals surface area contributed by atoms with Gasteiger partial charge in [-0.3, -0.25) is 9.97 Å². The molecule has 0 N–H and O–H groups in total. The predicted octanol–water partition coefficient (Wildman–Crippen LogP) is 23.7. The molecule has 0 saturated heterocycles. The molecule has 2 aliphatic heterocycles. The van der Waals surface area contributed by atoms with Crippen LogP contribution in [0.4, 0.5) is 102 Å². The Morgan fingerprint density at radius 1 is 0.213 bits per heavy atom. The summed E-state index contributed by atoms with van der Waals surface area (Å²) in [6, 6.07) is 118. The van der Waals surface area contributed by atoms with E-state index in [1.165, 1.54) is 22.3 Å². The highest BCUT2D eigenvalue weighted by molar-refractivity contribution is 6.06. The van der Waals surface area contributed by atoms with E-state index < -0.39 is 10.8 Å². The van der Waals surface area contributed by atoms with Crippen LogP contribution in [0.2, 0.25) is 0 Å². The molecular weight excluding hydrogens is 1150 g/mol. The number of hydrogen-bond donors (Lipinski definition) is 0. The van der Waals surface area contributed by atoms with Crippen LogP contribution in [0.5, 0.6) is 0 Å². The summed E-state index contributed by atoms with van der Waals surface area (Å²) in [5.74, 6) is 0. The van der Waals surface area contributed by atoms with Gasteiger partial charge in [0, 0.05) is 91.5 Å². The van der Waals surface area contributed by atoms with E-state index >= 15 is 0 Å². The Morgan fingerprint density at radius 3 is 0.585 bits per heavy atom. The Labute approximate surface area is 550 Å². The fourth-order valence-electron chi connectivity index (χ4n) is 14.3. The first-order valence-corrected chi connectivity index (χ1v) is 32.2. The van der Waals surface area contributed by atoms with Gasteiger partial charge in [0.2, 0.25) is 0 Å². The van der Waals surface area contributed by atoms with E-state index in [0.717, 1.165) is 113 Å². The lowest BCUT2D eigenvalue weighted by molar-refractivity contribution is 0.631. The minimum Gasteiger partial charge on any atom is -0.310 e. The average Bonchev–Trinajstić information content (AvgIpc) is 0.712. The third-order valence-corrected chi connectivity index (χ3v) is 18.8. The van der Waals surface area contributed by atoms with Gasteiger partial charge in [-0.15, -0.1) is 0 Å². The lowest BCUT2D eigenvalue weighted by atomic mass is 9.73. The molecule has 0 unspecified atom stereocenters. The summed E-state index contributed by atoms with van der Waals surface area (Å²) in [5, 5.41) is 0. The largest absolute Gasteiger partial charge is 0.310 e. The zero-order valence-electron chi connectivity index (χ0n) is 52.9. The Bertz CT molecular complexity index is 4280. The second-order valence-corrected chi connectivity index (χ2v) is 25.1. The summed E-state index contributed by atoms with van der Waals surface area (Å²) in [5.41, 5.74) is 24.2. The highest BCUT2D eigenvalue weighted by Crippen LogP contribution is 2.59. The molecule has 0 atom stereocenters. The number of rotatable bonds is 14. The van der Waals surface area contributed by atoms with Gasteiger partial charge in [0.15, 0.2) is 0 Å². The molecule has 0 saturated carbocycles. The van der Waals surface area contributed by atoms with Gasteiger partial charge in [-0.1, -0.05) is 173 Å². The molecule has 94 heavy (non-hydrogen) atoms. The van der Waals surface area contributed by atoms with Gasteiger partial charge in [-0.2, -0.15) is 0 Å². The number of para-hydroxylation sites is 8. The van der Waals surface area contributed by atoms with Crippen molar-refractivity contribution >= 4 is 113 Å².